The van der Waals surface area contributed by atoms with Crippen molar-refractivity contribution in [3.05, 3.63) is 38.2 Å². The van der Waals surface area contributed by atoms with E-state index in [1.54, 1.807) is 22.9 Å². The molecule has 1 unspecified atom stereocenters. The summed E-state index contributed by atoms with van der Waals surface area (Å²) in [6.45, 7) is 3.61. The minimum atomic E-state index is -0.477. The number of hydrogen-bond donors (Lipinski definition) is 1. The Hall–Kier alpha value is -1.89. The Balaban J connectivity index is 2.51. The van der Waals surface area contributed by atoms with Gasteiger partial charge in [-0.2, -0.15) is 5.10 Å². The van der Waals surface area contributed by atoms with E-state index in [9.17, 15) is 10.1 Å². The van der Waals surface area contributed by atoms with E-state index in [0.29, 0.717) is 5.69 Å². The quantitative estimate of drug-likeness (QED) is 0.680. The summed E-state index contributed by atoms with van der Waals surface area (Å²) in [4.78, 5) is 11.6. The molecule has 2 heterocycles. The number of anilines is 1. The molecular formula is C11H14N4O2S. The third kappa shape index (κ3) is 1.97. The van der Waals surface area contributed by atoms with Gasteiger partial charge in [0.2, 0.25) is 5.82 Å². The van der Waals surface area contributed by atoms with Crippen LogP contribution in [-0.2, 0) is 0 Å². The second-order valence-corrected chi connectivity index (χ2v) is 4.94. The molecule has 2 aromatic heterocycles. The van der Waals surface area contributed by atoms with Gasteiger partial charge in [-0.25, -0.2) is 4.68 Å². The lowest BCUT2D eigenvalue weighted by Crippen LogP contribution is -2.13. The molecule has 1 atom stereocenters. The fourth-order valence-electron chi connectivity index (χ4n) is 2.00. The average Bonchev–Trinajstić information content (AvgIpc) is 2.90. The second-order valence-electron chi connectivity index (χ2n) is 3.96. The SMILES string of the molecule is CCC(c1cccs1)n1nc(C)c([N+](=O)[O-])c1N. The minimum Gasteiger partial charge on any atom is -0.378 e. The van der Waals surface area contributed by atoms with Crippen LogP contribution in [-0.4, -0.2) is 14.7 Å². The molecule has 18 heavy (non-hydrogen) atoms. The van der Waals surface area contributed by atoms with Gasteiger partial charge in [0.1, 0.15) is 5.69 Å². The van der Waals surface area contributed by atoms with Gasteiger partial charge in [0, 0.05) is 4.88 Å². The molecule has 6 nitrogen and oxygen atoms in total. The van der Waals surface area contributed by atoms with Crippen LogP contribution in [0, 0.1) is 17.0 Å². The van der Waals surface area contributed by atoms with Gasteiger partial charge < -0.3 is 5.73 Å². The second kappa shape index (κ2) is 4.77. The van der Waals surface area contributed by atoms with E-state index in [-0.39, 0.29) is 17.5 Å². The highest BCUT2D eigenvalue weighted by atomic mass is 32.1. The molecule has 0 aliphatic rings. The first kappa shape index (κ1) is 12.6. The van der Waals surface area contributed by atoms with Gasteiger partial charge in [0.05, 0.1) is 11.0 Å². The normalized spacial score (nSPS) is 12.6. The minimum absolute atomic E-state index is 0.0441. The molecule has 0 spiro atoms. The third-order valence-corrected chi connectivity index (χ3v) is 3.80. The fraction of sp³-hybridized carbons (Fsp3) is 0.364. The topological polar surface area (TPSA) is 87.0 Å². The summed E-state index contributed by atoms with van der Waals surface area (Å²) in [6.07, 6.45) is 0.781. The standard InChI is InChI=1S/C11H14N4O2S/c1-3-8(9-5-4-6-18-9)14-11(12)10(15(16)17)7(2)13-14/h4-6,8H,3,12H2,1-2H3. The fourth-order valence-corrected chi connectivity index (χ4v) is 2.89. The molecule has 0 saturated heterocycles. The molecule has 0 amide bonds. The van der Waals surface area contributed by atoms with Gasteiger partial charge in [-0.1, -0.05) is 13.0 Å². The summed E-state index contributed by atoms with van der Waals surface area (Å²) in [5, 5.41) is 17.1. The van der Waals surface area contributed by atoms with E-state index in [1.165, 1.54) is 0 Å². The van der Waals surface area contributed by atoms with E-state index in [0.717, 1.165) is 11.3 Å². The van der Waals surface area contributed by atoms with Crippen LogP contribution in [0.5, 0.6) is 0 Å². The monoisotopic (exact) mass is 266 g/mol. The molecule has 0 fully saturated rings. The van der Waals surface area contributed by atoms with Crippen molar-refractivity contribution >= 4 is 22.8 Å². The maximum absolute atomic E-state index is 10.9. The summed E-state index contributed by atoms with van der Waals surface area (Å²) in [5.74, 6) is 0.123. The first-order valence-electron chi connectivity index (χ1n) is 5.58. The zero-order valence-electron chi connectivity index (χ0n) is 10.2. The van der Waals surface area contributed by atoms with Crippen LogP contribution in [0.25, 0.3) is 0 Å². The lowest BCUT2D eigenvalue weighted by atomic mass is 10.2. The van der Waals surface area contributed by atoms with Gasteiger partial charge in [0.25, 0.3) is 0 Å². The van der Waals surface area contributed by atoms with E-state index in [2.05, 4.69) is 5.10 Å². The Bertz CT molecular complexity index is 562. The van der Waals surface area contributed by atoms with Gasteiger partial charge in [-0.3, -0.25) is 10.1 Å². The van der Waals surface area contributed by atoms with E-state index >= 15 is 0 Å². The van der Waals surface area contributed by atoms with Crippen LogP contribution >= 0.6 is 11.3 Å². The van der Waals surface area contributed by atoms with Crippen molar-refractivity contribution in [2.24, 2.45) is 0 Å². The summed E-state index contributed by atoms with van der Waals surface area (Å²) in [7, 11) is 0. The van der Waals surface area contributed by atoms with Crippen LogP contribution in [0.2, 0.25) is 0 Å². The van der Waals surface area contributed by atoms with E-state index in [1.807, 2.05) is 24.4 Å². The predicted octanol–water partition coefficient (Wildman–Crippen LogP) is 2.74. The summed E-state index contributed by atoms with van der Waals surface area (Å²) < 4.78 is 1.55. The maximum atomic E-state index is 10.9. The van der Waals surface area contributed by atoms with Gasteiger partial charge in [-0.05, 0) is 24.8 Å². The average molecular weight is 266 g/mol. The summed E-state index contributed by atoms with van der Waals surface area (Å²) in [6, 6.07) is 3.89. The molecule has 0 radical (unpaired) electrons. The number of nitrogens with two attached hydrogens (primary N) is 1. The number of aryl methyl sites for hydroxylation is 1. The molecule has 0 bridgehead atoms. The van der Waals surface area contributed by atoms with Crippen LogP contribution in [0.4, 0.5) is 11.5 Å². The molecule has 0 saturated carbocycles. The highest BCUT2D eigenvalue weighted by Gasteiger charge is 2.27. The largest absolute Gasteiger partial charge is 0.378 e. The van der Waals surface area contributed by atoms with Crippen molar-refractivity contribution in [1.82, 2.24) is 9.78 Å². The highest BCUT2D eigenvalue weighted by Crippen LogP contribution is 2.33. The molecule has 96 valence electrons. The molecule has 0 aliphatic heterocycles. The molecule has 0 aromatic carbocycles. The maximum Gasteiger partial charge on any atom is 0.333 e. The van der Waals surface area contributed by atoms with Crippen LogP contribution in [0.15, 0.2) is 17.5 Å². The van der Waals surface area contributed by atoms with Crippen molar-refractivity contribution in [1.29, 1.82) is 0 Å². The Morgan fingerprint density at radius 3 is 2.83 bits per heavy atom. The van der Waals surface area contributed by atoms with Crippen molar-refractivity contribution in [3.8, 4) is 0 Å². The number of nitrogen functional groups attached to an aromatic ring is 1. The van der Waals surface area contributed by atoms with Crippen LogP contribution in [0.3, 0.4) is 0 Å². The zero-order valence-corrected chi connectivity index (χ0v) is 11.0. The van der Waals surface area contributed by atoms with Gasteiger partial charge in [0.15, 0.2) is 0 Å². The number of thiophene rings is 1. The first-order chi connectivity index (χ1) is 8.56. The molecule has 2 N–H and O–H groups in total. The van der Waals surface area contributed by atoms with Crippen LogP contribution < -0.4 is 5.73 Å². The molecule has 2 aromatic rings. The molecule has 2 rings (SSSR count). The smallest absolute Gasteiger partial charge is 0.333 e. The van der Waals surface area contributed by atoms with Crippen LogP contribution in [0.1, 0.15) is 30.0 Å². The summed E-state index contributed by atoms with van der Waals surface area (Å²) in [5.41, 5.74) is 6.11. The number of nitrogens with zero attached hydrogens (tertiary/aromatic N) is 3. The molecule has 7 heteroatoms. The molecule has 0 aliphatic carbocycles. The highest BCUT2D eigenvalue weighted by molar-refractivity contribution is 7.10. The third-order valence-electron chi connectivity index (χ3n) is 2.83. The number of hydrogen-bond acceptors (Lipinski definition) is 5. The van der Waals surface area contributed by atoms with Gasteiger partial charge in [-0.15, -0.1) is 11.3 Å². The Morgan fingerprint density at radius 1 is 1.67 bits per heavy atom. The van der Waals surface area contributed by atoms with Gasteiger partial charge >= 0.3 is 5.69 Å². The Kier molecular flexibility index (Phi) is 3.33. The lowest BCUT2D eigenvalue weighted by Gasteiger charge is -2.14. The Morgan fingerprint density at radius 2 is 2.39 bits per heavy atom. The van der Waals surface area contributed by atoms with E-state index in [4.69, 9.17) is 5.73 Å². The number of nitro groups is 1. The number of rotatable bonds is 4. The lowest BCUT2D eigenvalue weighted by molar-refractivity contribution is -0.384. The predicted molar refractivity (Wildman–Crippen MR) is 70.8 cm³/mol. The van der Waals surface area contributed by atoms with Crippen molar-refractivity contribution in [2.45, 2.75) is 26.3 Å². The van der Waals surface area contributed by atoms with Crippen molar-refractivity contribution in [3.63, 3.8) is 0 Å². The zero-order chi connectivity index (χ0) is 13.3. The number of aromatic nitrogens is 2. The molecular weight excluding hydrogens is 252 g/mol. The van der Waals surface area contributed by atoms with Crippen molar-refractivity contribution < 1.29 is 4.92 Å². The summed E-state index contributed by atoms with van der Waals surface area (Å²) >= 11 is 1.60. The Labute approximate surface area is 108 Å². The van der Waals surface area contributed by atoms with Crippen molar-refractivity contribution in [2.75, 3.05) is 5.73 Å². The van der Waals surface area contributed by atoms with E-state index < -0.39 is 4.92 Å². The first-order valence-corrected chi connectivity index (χ1v) is 6.46.